The molecule has 0 heterocycles. The Morgan fingerprint density at radius 3 is 2.78 bits per heavy atom. The number of hydrogen-bond acceptors (Lipinski definition) is 2. The zero-order valence-corrected chi connectivity index (χ0v) is 5.84. The maximum Gasteiger partial charge on any atom is 0.119 e. The van der Waals surface area contributed by atoms with Crippen LogP contribution in [0.3, 0.4) is 0 Å². The van der Waals surface area contributed by atoms with Gasteiger partial charge in [-0.3, -0.25) is 0 Å². The Morgan fingerprint density at radius 2 is 2.33 bits per heavy atom. The highest BCUT2D eigenvalue weighted by molar-refractivity contribution is 5.48. The van der Waals surface area contributed by atoms with Crippen molar-refractivity contribution in [1.82, 2.24) is 0 Å². The van der Waals surface area contributed by atoms with E-state index in [1.165, 1.54) is 0 Å². The molecule has 54 valence electrons. The summed E-state index contributed by atoms with van der Waals surface area (Å²) in [6.07, 6.45) is 3.64. The fraction of sp³-hybridized carbons (Fsp3) is 0.857. The van der Waals surface area contributed by atoms with Gasteiger partial charge in [-0.25, -0.2) is 0 Å². The molecule has 1 N–H and O–H groups in total. The van der Waals surface area contributed by atoms with Gasteiger partial charge < -0.3 is 9.90 Å². The first-order chi connectivity index (χ1) is 4.31. The third kappa shape index (κ3) is 5.50. The standard InChI is InChI=1S/C7H14O2/c1-2-7(9)5-3-4-6-8/h6-7,9H,2-5H2,1H3/t7-/m1/s1. The van der Waals surface area contributed by atoms with E-state index in [-0.39, 0.29) is 6.10 Å². The molecular formula is C7H14O2. The molecule has 0 amide bonds. The first-order valence-electron chi connectivity index (χ1n) is 3.43. The molecule has 9 heavy (non-hydrogen) atoms. The van der Waals surface area contributed by atoms with Crippen LogP contribution >= 0.6 is 0 Å². The molecule has 0 aliphatic carbocycles. The molecule has 1 atom stereocenters. The first-order valence-corrected chi connectivity index (χ1v) is 3.43. The quantitative estimate of drug-likeness (QED) is 0.447. The van der Waals surface area contributed by atoms with Crippen LogP contribution in [0.15, 0.2) is 0 Å². The van der Waals surface area contributed by atoms with Crippen LogP contribution in [0.1, 0.15) is 32.6 Å². The second-order valence-corrected chi connectivity index (χ2v) is 2.16. The minimum atomic E-state index is -0.204. The fourth-order valence-corrected chi connectivity index (χ4v) is 0.641. The Labute approximate surface area is 55.9 Å². The van der Waals surface area contributed by atoms with Crippen molar-refractivity contribution in [3.8, 4) is 0 Å². The van der Waals surface area contributed by atoms with E-state index in [9.17, 15) is 4.79 Å². The minimum Gasteiger partial charge on any atom is -0.393 e. The molecule has 0 aromatic rings. The first kappa shape index (κ1) is 8.63. The Morgan fingerprint density at radius 1 is 1.67 bits per heavy atom. The van der Waals surface area contributed by atoms with E-state index in [4.69, 9.17) is 5.11 Å². The summed E-state index contributed by atoms with van der Waals surface area (Å²) in [4.78, 5) is 9.79. The van der Waals surface area contributed by atoms with Gasteiger partial charge >= 0.3 is 0 Å². The molecule has 0 aliphatic rings. The molecule has 0 spiro atoms. The fourth-order valence-electron chi connectivity index (χ4n) is 0.641. The highest BCUT2D eigenvalue weighted by Gasteiger charge is 1.97. The Bertz CT molecular complexity index is 71.3. The summed E-state index contributed by atoms with van der Waals surface area (Å²) >= 11 is 0. The van der Waals surface area contributed by atoms with Gasteiger partial charge in [0.25, 0.3) is 0 Å². The Hall–Kier alpha value is -0.370. The molecule has 0 fully saturated rings. The number of rotatable bonds is 5. The molecule has 0 bridgehead atoms. The van der Waals surface area contributed by atoms with Crippen molar-refractivity contribution in [3.05, 3.63) is 0 Å². The molecule has 0 saturated heterocycles. The van der Waals surface area contributed by atoms with E-state index in [0.29, 0.717) is 6.42 Å². The predicted molar refractivity (Wildman–Crippen MR) is 36.2 cm³/mol. The molecule has 0 radical (unpaired) electrons. The van der Waals surface area contributed by atoms with Gasteiger partial charge in [-0.05, 0) is 19.3 Å². The average Bonchev–Trinajstić information content (AvgIpc) is 1.89. The van der Waals surface area contributed by atoms with Crippen molar-refractivity contribution in [1.29, 1.82) is 0 Å². The Kier molecular flexibility index (Phi) is 5.52. The van der Waals surface area contributed by atoms with Crippen molar-refractivity contribution in [2.24, 2.45) is 0 Å². The lowest BCUT2D eigenvalue weighted by Crippen LogP contribution is -2.03. The van der Waals surface area contributed by atoms with E-state index in [0.717, 1.165) is 25.5 Å². The normalized spacial score (nSPS) is 13.1. The number of carbonyl (C=O) groups excluding carboxylic acids is 1. The second kappa shape index (κ2) is 5.76. The lowest BCUT2D eigenvalue weighted by Gasteiger charge is -2.03. The van der Waals surface area contributed by atoms with Crippen LogP contribution < -0.4 is 0 Å². The number of aldehydes is 1. The minimum absolute atomic E-state index is 0.204. The lowest BCUT2D eigenvalue weighted by molar-refractivity contribution is -0.108. The SMILES string of the molecule is CC[C@@H](O)CCCC=O. The van der Waals surface area contributed by atoms with Crippen molar-refractivity contribution < 1.29 is 9.90 Å². The van der Waals surface area contributed by atoms with Gasteiger partial charge in [0.05, 0.1) is 6.10 Å². The molecular weight excluding hydrogens is 116 g/mol. The van der Waals surface area contributed by atoms with E-state index < -0.39 is 0 Å². The van der Waals surface area contributed by atoms with Crippen molar-refractivity contribution in [2.75, 3.05) is 0 Å². The van der Waals surface area contributed by atoms with Gasteiger partial charge in [-0.1, -0.05) is 6.92 Å². The Balaban J connectivity index is 2.96. The lowest BCUT2D eigenvalue weighted by atomic mass is 10.1. The second-order valence-electron chi connectivity index (χ2n) is 2.16. The van der Waals surface area contributed by atoms with Gasteiger partial charge in [-0.2, -0.15) is 0 Å². The summed E-state index contributed by atoms with van der Waals surface area (Å²) in [5, 5.41) is 8.97. The molecule has 2 nitrogen and oxygen atoms in total. The smallest absolute Gasteiger partial charge is 0.119 e. The van der Waals surface area contributed by atoms with Crippen LogP contribution in [0.25, 0.3) is 0 Å². The van der Waals surface area contributed by atoms with Crippen LogP contribution in [-0.4, -0.2) is 17.5 Å². The summed E-state index contributed by atoms with van der Waals surface area (Å²) < 4.78 is 0. The van der Waals surface area contributed by atoms with Crippen LogP contribution in [0.5, 0.6) is 0 Å². The third-order valence-corrected chi connectivity index (χ3v) is 1.33. The maximum absolute atomic E-state index is 9.79. The summed E-state index contributed by atoms with van der Waals surface area (Å²) in [5.41, 5.74) is 0. The summed E-state index contributed by atoms with van der Waals surface area (Å²) in [5.74, 6) is 0. The van der Waals surface area contributed by atoms with Gasteiger partial charge in [0, 0.05) is 6.42 Å². The van der Waals surface area contributed by atoms with Crippen molar-refractivity contribution >= 4 is 6.29 Å². The maximum atomic E-state index is 9.79. The number of unbranched alkanes of at least 4 members (excludes halogenated alkanes) is 1. The molecule has 0 unspecified atom stereocenters. The van der Waals surface area contributed by atoms with Gasteiger partial charge in [0.15, 0.2) is 0 Å². The van der Waals surface area contributed by atoms with Crippen LogP contribution in [0.2, 0.25) is 0 Å². The molecule has 0 aromatic heterocycles. The number of carbonyl (C=O) groups is 1. The summed E-state index contributed by atoms with van der Waals surface area (Å²) in [6, 6.07) is 0. The topological polar surface area (TPSA) is 37.3 Å². The number of hydrogen-bond donors (Lipinski definition) is 1. The van der Waals surface area contributed by atoms with Crippen LogP contribution in [-0.2, 0) is 4.79 Å². The van der Waals surface area contributed by atoms with Crippen molar-refractivity contribution in [3.63, 3.8) is 0 Å². The average molecular weight is 130 g/mol. The van der Waals surface area contributed by atoms with E-state index in [1.807, 2.05) is 6.92 Å². The third-order valence-electron chi connectivity index (χ3n) is 1.33. The molecule has 2 heteroatoms. The zero-order valence-electron chi connectivity index (χ0n) is 5.84. The summed E-state index contributed by atoms with van der Waals surface area (Å²) in [6.45, 7) is 1.94. The van der Waals surface area contributed by atoms with Gasteiger partial charge in [0.1, 0.15) is 6.29 Å². The summed E-state index contributed by atoms with van der Waals surface area (Å²) in [7, 11) is 0. The van der Waals surface area contributed by atoms with E-state index >= 15 is 0 Å². The van der Waals surface area contributed by atoms with Gasteiger partial charge in [0.2, 0.25) is 0 Å². The monoisotopic (exact) mass is 130 g/mol. The van der Waals surface area contributed by atoms with Crippen LogP contribution in [0.4, 0.5) is 0 Å². The molecule has 0 aromatic carbocycles. The predicted octanol–water partition coefficient (Wildman–Crippen LogP) is 1.13. The largest absolute Gasteiger partial charge is 0.393 e. The highest BCUT2D eigenvalue weighted by atomic mass is 16.3. The molecule has 0 rings (SSSR count). The van der Waals surface area contributed by atoms with E-state index in [1.54, 1.807) is 0 Å². The van der Waals surface area contributed by atoms with Crippen LogP contribution in [0, 0.1) is 0 Å². The van der Waals surface area contributed by atoms with Crippen molar-refractivity contribution in [2.45, 2.75) is 38.7 Å². The molecule has 0 saturated carbocycles. The number of aliphatic hydroxyl groups is 1. The van der Waals surface area contributed by atoms with Gasteiger partial charge in [-0.15, -0.1) is 0 Å². The van der Waals surface area contributed by atoms with E-state index in [2.05, 4.69) is 0 Å². The highest BCUT2D eigenvalue weighted by Crippen LogP contribution is 2.01. The molecule has 0 aliphatic heterocycles. The number of aliphatic hydroxyl groups excluding tert-OH is 1. The zero-order chi connectivity index (χ0) is 7.11.